The van der Waals surface area contributed by atoms with E-state index in [-0.39, 0.29) is 29.0 Å². The first kappa shape index (κ1) is 14.9. The van der Waals surface area contributed by atoms with Gasteiger partial charge >= 0.3 is 5.97 Å². The van der Waals surface area contributed by atoms with Crippen LogP contribution in [0.4, 0.5) is 4.39 Å². The van der Waals surface area contributed by atoms with Gasteiger partial charge in [0.05, 0.1) is 25.7 Å². The summed E-state index contributed by atoms with van der Waals surface area (Å²) < 4.78 is 24.3. The standard InChI is InChI=1S/C14H16ClFO4/c1-19-10-6-9(16)13(15)12(14(10)20-2)8(5-11(17)18)7-3-4-7/h6-8H,3-5H2,1-2H3,(H,17,18). The number of methoxy groups -OCH3 is 2. The van der Waals surface area contributed by atoms with Crippen LogP contribution in [0.5, 0.6) is 11.5 Å². The molecule has 0 radical (unpaired) electrons. The van der Waals surface area contributed by atoms with Crippen molar-refractivity contribution in [2.24, 2.45) is 5.92 Å². The molecule has 20 heavy (non-hydrogen) atoms. The molecule has 0 spiro atoms. The molecule has 1 fully saturated rings. The Bertz CT molecular complexity index is 528. The largest absolute Gasteiger partial charge is 0.493 e. The molecule has 4 nitrogen and oxygen atoms in total. The predicted molar refractivity (Wildman–Crippen MR) is 72.2 cm³/mol. The molecule has 0 bridgehead atoms. The lowest BCUT2D eigenvalue weighted by Crippen LogP contribution is -2.11. The Morgan fingerprint density at radius 3 is 2.60 bits per heavy atom. The average Bonchev–Trinajstić information content (AvgIpc) is 3.22. The van der Waals surface area contributed by atoms with Gasteiger partial charge in [-0.05, 0) is 18.8 Å². The van der Waals surface area contributed by atoms with Crippen molar-refractivity contribution in [3.05, 3.63) is 22.5 Å². The van der Waals surface area contributed by atoms with E-state index < -0.39 is 11.8 Å². The van der Waals surface area contributed by atoms with Crippen molar-refractivity contribution in [3.8, 4) is 11.5 Å². The highest BCUT2D eigenvalue weighted by Gasteiger charge is 2.38. The molecular weight excluding hydrogens is 287 g/mol. The van der Waals surface area contributed by atoms with E-state index in [9.17, 15) is 9.18 Å². The maximum absolute atomic E-state index is 13.9. The zero-order valence-corrected chi connectivity index (χ0v) is 12.0. The molecule has 0 aliphatic heterocycles. The zero-order chi connectivity index (χ0) is 14.9. The molecule has 1 aromatic carbocycles. The number of hydrogen-bond acceptors (Lipinski definition) is 3. The van der Waals surface area contributed by atoms with Crippen LogP contribution in [0.1, 0.15) is 30.7 Å². The summed E-state index contributed by atoms with van der Waals surface area (Å²) in [5.41, 5.74) is 0.399. The molecule has 0 heterocycles. The number of carboxylic acids is 1. The minimum atomic E-state index is -0.941. The van der Waals surface area contributed by atoms with Gasteiger partial charge in [-0.15, -0.1) is 0 Å². The molecule has 0 amide bonds. The molecular formula is C14H16ClFO4. The summed E-state index contributed by atoms with van der Waals surface area (Å²) in [6, 6.07) is 1.15. The molecule has 0 saturated heterocycles. The minimum Gasteiger partial charge on any atom is -0.493 e. The zero-order valence-electron chi connectivity index (χ0n) is 11.3. The number of benzene rings is 1. The average molecular weight is 303 g/mol. The van der Waals surface area contributed by atoms with E-state index in [1.807, 2.05) is 0 Å². The van der Waals surface area contributed by atoms with Crippen molar-refractivity contribution in [3.63, 3.8) is 0 Å². The summed E-state index contributed by atoms with van der Waals surface area (Å²) in [6.07, 6.45) is 1.72. The highest BCUT2D eigenvalue weighted by Crippen LogP contribution is 2.51. The number of carbonyl (C=O) groups is 1. The molecule has 1 aromatic rings. The highest BCUT2D eigenvalue weighted by atomic mass is 35.5. The van der Waals surface area contributed by atoms with Gasteiger partial charge in [-0.25, -0.2) is 4.39 Å². The van der Waals surface area contributed by atoms with Gasteiger partial charge in [0.1, 0.15) is 5.82 Å². The highest BCUT2D eigenvalue weighted by molar-refractivity contribution is 6.32. The third-order valence-electron chi connectivity index (χ3n) is 3.55. The van der Waals surface area contributed by atoms with Crippen molar-refractivity contribution in [2.75, 3.05) is 14.2 Å². The number of aliphatic carboxylic acids is 1. The molecule has 1 atom stereocenters. The summed E-state index contributed by atoms with van der Waals surface area (Å²) in [5, 5.41) is 8.98. The van der Waals surface area contributed by atoms with Crippen LogP contribution in [-0.4, -0.2) is 25.3 Å². The van der Waals surface area contributed by atoms with Crippen molar-refractivity contribution in [1.29, 1.82) is 0 Å². The number of rotatable bonds is 6. The van der Waals surface area contributed by atoms with E-state index in [1.54, 1.807) is 0 Å². The lowest BCUT2D eigenvalue weighted by Gasteiger charge is -2.21. The second kappa shape index (κ2) is 5.87. The SMILES string of the molecule is COc1cc(F)c(Cl)c(C(CC(=O)O)C2CC2)c1OC. The topological polar surface area (TPSA) is 55.8 Å². The molecule has 1 N–H and O–H groups in total. The van der Waals surface area contributed by atoms with Crippen molar-refractivity contribution >= 4 is 17.6 Å². The quantitative estimate of drug-likeness (QED) is 0.874. The van der Waals surface area contributed by atoms with E-state index in [0.717, 1.165) is 18.9 Å². The van der Waals surface area contributed by atoms with Crippen molar-refractivity contribution in [2.45, 2.75) is 25.2 Å². The van der Waals surface area contributed by atoms with Gasteiger partial charge in [0.15, 0.2) is 11.5 Å². The van der Waals surface area contributed by atoms with Gasteiger partial charge in [0.25, 0.3) is 0 Å². The molecule has 110 valence electrons. The Kier molecular flexibility index (Phi) is 4.38. The van der Waals surface area contributed by atoms with Gasteiger partial charge in [-0.3, -0.25) is 4.79 Å². The van der Waals surface area contributed by atoms with Crippen LogP contribution in [0.3, 0.4) is 0 Å². The van der Waals surface area contributed by atoms with Crippen LogP contribution in [0.15, 0.2) is 6.07 Å². The maximum Gasteiger partial charge on any atom is 0.303 e. The molecule has 1 unspecified atom stereocenters. The molecule has 0 aromatic heterocycles. The normalized spacial score (nSPS) is 15.8. The summed E-state index contributed by atoms with van der Waals surface area (Å²) in [4.78, 5) is 11.1. The minimum absolute atomic E-state index is 0.0826. The third-order valence-corrected chi connectivity index (χ3v) is 3.94. The van der Waals surface area contributed by atoms with Crippen LogP contribution in [0.25, 0.3) is 0 Å². The third kappa shape index (κ3) is 2.82. The fourth-order valence-electron chi connectivity index (χ4n) is 2.49. The number of carboxylic acid groups (broad SMARTS) is 1. The molecule has 1 aliphatic carbocycles. The van der Waals surface area contributed by atoms with Crippen LogP contribution >= 0.6 is 11.6 Å². The predicted octanol–water partition coefficient (Wildman–Crippen LogP) is 3.46. The fraction of sp³-hybridized carbons (Fsp3) is 0.500. The van der Waals surface area contributed by atoms with Crippen LogP contribution in [0, 0.1) is 11.7 Å². The summed E-state index contributed by atoms with van der Waals surface area (Å²) >= 11 is 6.05. The smallest absolute Gasteiger partial charge is 0.303 e. The Hall–Kier alpha value is -1.49. The first-order valence-electron chi connectivity index (χ1n) is 6.31. The van der Waals surface area contributed by atoms with E-state index in [0.29, 0.717) is 11.3 Å². The van der Waals surface area contributed by atoms with Gasteiger partial charge in [0.2, 0.25) is 0 Å². The van der Waals surface area contributed by atoms with Gasteiger partial charge in [0, 0.05) is 17.5 Å². The van der Waals surface area contributed by atoms with Crippen LogP contribution in [0.2, 0.25) is 5.02 Å². The Morgan fingerprint density at radius 1 is 1.50 bits per heavy atom. The van der Waals surface area contributed by atoms with Crippen LogP contribution in [-0.2, 0) is 4.79 Å². The number of halogens is 2. The first-order chi connectivity index (χ1) is 9.49. The van der Waals surface area contributed by atoms with E-state index >= 15 is 0 Å². The Morgan fingerprint density at radius 2 is 2.15 bits per heavy atom. The number of hydrogen-bond donors (Lipinski definition) is 1. The lowest BCUT2D eigenvalue weighted by molar-refractivity contribution is -0.137. The lowest BCUT2D eigenvalue weighted by atomic mass is 9.89. The molecule has 6 heteroatoms. The fourth-order valence-corrected chi connectivity index (χ4v) is 2.77. The molecule has 2 rings (SSSR count). The second-order valence-corrected chi connectivity index (χ2v) is 5.24. The van der Waals surface area contributed by atoms with Gasteiger partial charge in [-0.2, -0.15) is 0 Å². The van der Waals surface area contributed by atoms with Crippen LogP contribution < -0.4 is 9.47 Å². The van der Waals surface area contributed by atoms with Gasteiger partial charge < -0.3 is 14.6 Å². The van der Waals surface area contributed by atoms with E-state index in [1.165, 1.54) is 14.2 Å². The summed E-state index contributed by atoms with van der Waals surface area (Å²) in [6.45, 7) is 0. The number of ether oxygens (including phenoxy) is 2. The van der Waals surface area contributed by atoms with E-state index in [4.69, 9.17) is 26.2 Å². The van der Waals surface area contributed by atoms with Crippen molar-refractivity contribution in [1.82, 2.24) is 0 Å². The molecule has 1 saturated carbocycles. The monoisotopic (exact) mass is 302 g/mol. The van der Waals surface area contributed by atoms with Crippen molar-refractivity contribution < 1.29 is 23.8 Å². The summed E-state index contributed by atoms with van der Waals surface area (Å²) in [5.74, 6) is -1.19. The molecule has 1 aliphatic rings. The maximum atomic E-state index is 13.9. The Labute approximate surface area is 121 Å². The first-order valence-corrected chi connectivity index (χ1v) is 6.69. The second-order valence-electron chi connectivity index (χ2n) is 4.86. The Balaban J connectivity index is 2.56. The summed E-state index contributed by atoms with van der Waals surface area (Å²) in [7, 11) is 2.83. The van der Waals surface area contributed by atoms with E-state index in [2.05, 4.69) is 0 Å². The van der Waals surface area contributed by atoms with Gasteiger partial charge in [-0.1, -0.05) is 11.6 Å².